The number of hydrogen-bond acceptors (Lipinski definition) is 6. The van der Waals surface area contributed by atoms with Gasteiger partial charge in [-0.15, -0.1) is 11.3 Å². The zero-order valence-electron chi connectivity index (χ0n) is 9.97. The molecule has 2 aromatic rings. The molecule has 0 fully saturated rings. The third-order valence-electron chi connectivity index (χ3n) is 2.39. The van der Waals surface area contributed by atoms with Gasteiger partial charge in [0.05, 0.1) is 22.0 Å². The highest BCUT2D eigenvalue weighted by atomic mass is 32.1. The van der Waals surface area contributed by atoms with Crippen LogP contribution in [0.1, 0.15) is 16.3 Å². The number of rotatable bonds is 4. The van der Waals surface area contributed by atoms with Crippen LogP contribution in [0.5, 0.6) is 0 Å². The van der Waals surface area contributed by atoms with Crippen LogP contribution in [0, 0.1) is 18.3 Å². The Kier molecular flexibility index (Phi) is 3.75. The summed E-state index contributed by atoms with van der Waals surface area (Å²) in [4.78, 5) is 8.48. The summed E-state index contributed by atoms with van der Waals surface area (Å²) in [7, 11) is 0. The van der Waals surface area contributed by atoms with Gasteiger partial charge in [0, 0.05) is 24.5 Å². The molecule has 5 nitrogen and oxygen atoms in total. The molecule has 2 heterocycles. The molecule has 0 bridgehead atoms. The zero-order valence-corrected chi connectivity index (χ0v) is 10.8. The minimum absolute atomic E-state index is 0.466. The van der Waals surface area contributed by atoms with Crippen molar-refractivity contribution in [3.63, 3.8) is 0 Å². The fourth-order valence-electron chi connectivity index (χ4n) is 1.52. The summed E-state index contributed by atoms with van der Waals surface area (Å²) in [6.45, 7) is 2.70. The highest BCUT2D eigenvalue weighted by Gasteiger charge is 2.03. The molecule has 0 aliphatic heterocycles. The van der Waals surface area contributed by atoms with Crippen molar-refractivity contribution < 1.29 is 0 Å². The van der Waals surface area contributed by atoms with E-state index in [0.29, 0.717) is 23.6 Å². The average Bonchev–Trinajstić information content (AvgIpc) is 2.77. The van der Waals surface area contributed by atoms with E-state index in [9.17, 15) is 0 Å². The van der Waals surface area contributed by atoms with Crippen LogP contribution in [0.15, 0.2) is 17.6 Å². The van der Waals surface area contributed by atoms with E-state index in [1.54, 1.807) is 17.4 Å². The maximum absolute atomic E-state index is 8.71. The van der Waals surface area contributed by atoms with Gasteiger partial charge in [-0.25, -0.2) is 9.97 Å². The van der Waals surface area contributed by atoms with Crippen molar-refractivity contribution >= 4 is 22.8 Å². The quantitative estimate of drug-likeness (QED) is 0.876. The lowest BCUT2D eigenvalue weighted by Gasteiger charge is -2.07. The Balaban J connectivity index is 1.92. The molecule has 2 rings (SSSR count). The summed E-state index contributed by atoms with van der Waals surface area (Å²) in [5.41, 5.74) is 7.81. The number of thiazole rings is 1. The summed E-state index contributed by atoms with van der Waals surface area (Å²) in [5, 5.41) is 15.0. The standard InChI is InChI=1S/C12H13N5S/c1-8-17-10(7-18-8)2-3-15-12-11(14)4-9(5-13)6-16-12/h4,6-7H,2-3,14H2,1H3,(H,15,16). The van der Waals surface area contributed by atoms with Gasteiger partial charge < -0.3 is 11.1 Å². The summed E-state index contributed by atoms with van der Waals surface area (Å²) in [6.07, 6.45) is 2.33. The first-order valence-electron chi connectivity index (χ1n) is 5.49. The fraction of sp³-hybridized carbons (Fsp3) is 0.250. The number of anilines is 2. The number of nitriles is 1. The van der Waals surface area contributed by atoms with Gasteiger partial charge in [-0.3, -0.25) is 0 Å². The van der Waals surface area contributed by atoms with E-state index in [1.807, 2.05) is 18.4 Å². The number of aryl methyl sites for hydroxylation is 1. The Bertz CT molecular complexity index is 584. The molecule has 0 aliphatic carbocycles. The van der Waals surface area contributed by atoms with Crippen molar-refractivity contribution in [1.82, 2.24) is 9.97 Å². The van der Waals surface area contributed by atoms with Crippen LogP contribution < -0.4 is 11.1 Å². The maximum atomic E-state index is 8.71. The molecule has 92 valence electrons. The van der Waals surface area contributed by atoms with E-state index in [4.69, 9.17) is 11.0 Å². The Hall–Kier alpha value is -2.13. The second kappa shape index (κ2) is 5.47. The lowest BCUT2D eigenvalue weighted by molar-refractivity contribution is 0.961. The summed E-state index contributed by atoms with van der Waals surface area (Å²) in [5.74, 6) is 0.612. The molecule has 0 atom stereocenters. The molecule has 3 N–H and O–H groups in total. The van der Waals surface area contributed by atoms with Crippen LogP contribution in [0.3, 0.4) is 0 Å². The van der Waals surface area contributed by atoms with E-state index >= 15 is 0 Å². The summed E-state index contributed by atoms with van der Waals surface area (Å²) < 4.78 is 0. The number of hydrogen-bond donors (Lipinski definition) is 2. The Morgan fingerprint density at radius 3 is 3.00 bits per heavy atom. The molecular weight excluding hydrogens is 246 g/mol. The van der Waals surface area contributed by atoms with Gasteiger partial charge in [0.1, 0.15) is 11.9 Å². The SMILES string of the molecule is Cc1nc(CCNc2ncc(C#N)cc2N)cs1. The molecular formula is C12H13N5S. The number of nitrogens with two attached hydrogens (primary N) is 1. The number of pyridine rings is 1. The van der Waals surface area contributed by atoms with Crippen molar-refractivity contribution in [2.75, 3.05) is 17.6 Å². The number of aromatic nitrogens is 2. The molecule has 0 radical (unpaired) electrons. The lowest BCUT2D eigenvalue weighted by Crippen LogP contribution is -2.08. The van der Waals surface area contributed by atoms with Gasteiger partial charge in [0.15, 0.2) is 0 Å². The van der Waals surface area contributed by atoms with E-state index < -0.39 is 0 Å². The molecule has 0 spiro atoms. The topological polar surface area (TPSA) is 87.6 Å². The van der Waals surface area contributed by atoms with Crippen molar-refractivity contribution in [3.8, 4) is 6.07 Å². The van der Waals surface area contributed by atoms with Crippen LogP contribution in [0.25, 0.3) is 0 Å². The molecule has 18 heavy (non-hydrogen) atoms. The van der Waals surface area contributed by atoms with E-state index in [1.165, 1.54) is 6.20 Å². The van der Waals surface area contributed by atoms with Crippen molar-refractivity contribution in [3.05, 3.63) is 33.9 Å². The van der Waals surface area contributed by atoms with Crippen molar-refractivity contribution in [1.29, 1.82) is 5.26 Å². The Morgan fingerprint density at radius 2 is 2.39 bits per heavy atom. The lowest BCUT2D eigenvalue weighted by atomic mass is 10.2. The molecule has 0 unspecified atom stereocenters. The van der Waals surface area contributed by atoms with Crippen molar-refractivity contribution in [2.45, 2.75) is 13.3 Å². The number of nitrogens with one attached hydrogen (secondary N) is 1. The predicted molar refractivity (Wildman–Crippen MR) is 72.4 cm³/mol. The number of nitrogen functional groups attached to an aromatic ring is 1. The predicted octanol–water partition coefficient (Wildman–Crippen LogP) is 1.95. The van der Waals surface area contributed by atoms with Gasteiger partial charge >= 0.3 is 0 Å². The summed E-state index contributed by atoms with van der Waals surface area (Å²) in [6, 6.07) is 3.61. The van der Waals surface area contributed by atoms with E-state index in [2.05, 4.69) is 15.3 Å². The van der Waals surface area contributed by atoms with Gasteiger partial charge in [0.2, 0.25) is 0 Å². The molecule has 0 aromatic carbocycles. The van der Waals surface area contributed by atoms with Gasteiger partial charge in [-0.1, -0.05) is 0 Å². The average molecular weight is 259 g/mol. The summed E-state index contributed by atoms with van der Waals surface area (Å²) >= 11 is 1.64. The molecule has 6 heteroatoms. The van der Waals surface area contributed by atoms with Crippen LogP contribution in [0.2, 0.25) is 0 Å². The molecule has 0 aliphatic rings. The molecule has 0 saturated heterocycles. The number of nitrogens with zero attached hydrogens (tertiary/aromatic N) is 3. The first-order valence-corrected chi connectivity index (χ1v) is 6.37. The normalized spacial score (nSPS) is 10.0. The second-order valence-corrected chi connectivity index (χ2v) is 4.87. The fourth-order valence-corrected chi connectivity index (χ4v) is 2.17. The first kappa shape index (κ1) is 12.3. The van der Waals surface area contributed by atoms with Crippen LogP contribution in [-0.4, -0.2) is 16.5 Å². The minimum Gasteiger partial charge on any atom is -0.396 e. The third-order valence-corrected chi connectivity index (χ3v) is 3.21. The van der Waals surface area contributed by atoms with Gasteiger partial charge in [-0.2, -0.15) is 5.26 Å². The van der Waals surface area contributed by atoms with Crippen LogP contribution >= 0.6 is 11.3 Å². The Morgan fingerprint density at radius 1 is 1.56 bits per heavy atom. The second-order valence-electron chi connectivity index (χ2n) is 3.81. The highest BCUT2D eigenvalue weighted by Crippen LogP contribution is 2.16. The molecule has 0 saturated carbocycles. The van der Waals surface area contributed by atoms with Gasteiger partial charge in [0.25, 0.3) is 0 Å². The Labute approximate surface area is 109 Å². The van der Waals surface area contributed by atoms with Crippen molar-refractivity contribution in [2.24, 2.45) is 0 Å². The smallest absolute Gasteiger partial charge is 0.149 e. The monoisotopic (exact) mass is 259 g/mol. The highest BCUT2D eigenvalue weighted by molar-refractivity contribution is 7.09. The molecule has 2 aromatic heterocycles. The maximum Gasteiger partial charge on any atom is 0.149 e. The third kappa shape index (κ3) is 2.96. The van der Waals surface area contributed by atoms with Gasteiger partial charge in [-0.05, 0) is 13.0 Å². The largest absolute Gasteiger partial charge is 0.396 e. The first-order chi connectivity index (χ1) is 8.69. The van der Waals surface area contributed by atoms with Crippen LogP contribution in [-0.2, 0) is 6.42 Å². The minimum atomic E-state index is 0.466. The van der Waals surface area contributed by atoms with E-state index in [0.717, 1.165) is 17.1 Å². The van der Waals surface area contributed by atoms with Crippen LogP contribution in [0.4, 0.5) is 11.5 Å². The molecule has 0 amide bonds. The van der Waals surface area contributed by atoms with E-state index in [-0.39, 0.29) is 0 Å². The zero-order chi connectivity index (χ0) is 13.0.